The van der Waals surface area contributed by atoms with Gasteiger partial charge in [0.15, 0.2) is 5.78 Å². The van der Waals surface area contributed by atoms with Crippen LogP contribution < -0.4 is 0 Å². The van der Waals surface area contributed by atoms with E-state index in [1.807, 2.05) is 12.1 Å². The highest BCUT2D eigenvalue weighted by Crippen LogP contribution is 2.09. The van der Waals surface area contributed by atoms with Crippen LogP contribution in [0.3, 0.4) is 0 Å². The number of Topliss-reactive ketones (excluding diaryl/α,β-unsaturated/α-hetero) is 1. The molecule has 0 bridgehead atoms. The first-order chi connectivity index (χ1) is 8.69. The lowest BCUT2D eigenvalue weighted by Crippen LogP contribution is -2.07. The van der Waals surface area contributed by atoms with Gasteiger partial charge in [0.2, 0.25) is 0 Å². The largest absolute Gasteiger partial charge is 0.292 e. The first-order valence-electron chi connectivity index (χ1n) is 5.77. The molecule has 2 aromatic heterocycles. The van der Waals surface area contributed by atoms with Crippen LogP contribution in [-0.2, 0) is 12.8 Å². The molecule has 0 aliphatic heterocycles. The number of hydrogen-bond donors (Lipinski definition) is 0. The van der Waals surface area contributed by atoms with Crippen molar-refractivity contribution in [1.82, 2.24) is 9.97 Å². The van der Waals surface area contributed by atoms with Crippen molar-refractivity contribution in [3.8, 4) is 0 Å². The topological polar surface area (TPSA) is 42.9 Å². The summed E-state index contributed by atoms with van der Waals surface area (Å²) in [5.74, 6) is -0.0524. The van der Waals surface area contributed by atoms with Crippen LogP contribution in [0.2, 0.25) is 5.02 Å². The van der Waals surface area contributed by atoms with E-state index in [-0.39, 0.29) is 12.2 Å². The molecule has 0 N–H and O–H groups in total. The minimum Gasteiger partial charge on any atom is -0.292 e. The fourth-order valence-electron chi connectivity index (χ4n) is 1.56. The summed E-state index contributed by atoms with van der Waals surface area (Å²) in [5.41, 5.74) is 2.34. The molecule has 0 radical (unpaired) electrons. The van der Waals surface area contributed by atoms with Crippen LogP contribution in [0.1, 0.15) is 28.7 Å². The summed E-state index contributed by atoms with van der Waals surface area (Å²) in [5, 5.41) is 0.525. The Morgan fingerprint density at radius 2 is 2.00 bits per heavy atom. The average molecular weight is 261 g/mol. The molecule has 2 rings (SSSR count). The number of halogens is 1. The molecule has 0 amide bonds. The Balaban J connectivity index is 2.08. The third-order valence-corrected chi connectivity index (χ3v) is 2.87. The standard InChI is InChI=1S/C14H13ClN2O/c1-2-10-3-5-12(16-8-10)7-14(18)13-6-4-11(15)9-17-13/h3-6,8-9H,2,7H2,1H3. The Hall–Kier alpha value is -1.74. The zero-order valence-electron chi connectivity index (χ0n) is 10.1. The second-order valence-electron chi connectivity index (χ2n) is 3.97. The van der Waals surface area contributed by atoms with E-state index in [0.29, 0.717) is 10.7 Å². The molecule has 4 heteroatoms. The van der Waals surface area contributed by atoms with Crippen LogP contribution in [0.25, 0.3) is 0 Å². The summed E-state index contributed by atoms with van der Waals surface area (Å²) < 4.78 is 0. The van der Waals surface area contributed by atoms with Gasteiger partial charge in [-0.3, -0.25) is 14.8 Å². The van der Waals surface area contributed by atoms with Gasteiger partial charge in [-0.25, -0.2) is 0 Å². The van der Waals surface area contributed by atoms with Gasteiger partial charge in [-0.2, -0.15) is 0 Å². The normalized spacial score (nSPS) is 10.3. The van der Waals surface area contributed by atoms with Crippen molar-refractivity contribution in [2.45, 2.75) is 19.8 Å². The van der Waals surface area contributed by atoms with E-state index in [2.05, 4.69) is 16.9 Å². The Kier molecular flexibility index (Phi) is 4.05. The van der Waals surface area contributed by atoms with E-state index in [0.717, 1.165) is 17.7 Å². The van der Waals surface area contributed by atoms with Gasteiger partial charge in [-0.15, -0.1) is 0 Å². The van der Waals surface area contributed by atoms with Crippen molar-refractivity contribution < 1.29 is 4.79 Å². The number of rotatable bonds is 4. The van der Waals surface area contributed by atoms with Crippen LogP contribution in [0.5, 0.6) is 0 Å². The Bertz CT molecular complexity index is 535. The van der Waals surface area contributed by atoms with Crippen molar-refractivity contribution in [2.24, 2.45) is 0 Å². The van der Waals surface area contributed by atoms with Crippen LogP contribution >= 0.6 is 11.6 Å². The molecule has 0 unspecified atom stereocenters. The van der Waals surface area contributed by atoms with Crippen LogP contribution in [0.15, 0.2) is 36.7 Å². The maximum absolute atomic E-state index is 11.9. The minimum absolute atomic E-state index is 0.0524. The molecule has 0 aliphatic carbocycles. The van der Waals surface area contributed by atoms with Crippen LogP contribution in [0, 0.1) is 0 Å². The van der Waals surface area contributed by atoms with E-state index in [1.54, 1.807) is 18.3 Å². The predicted molar refractivity (Wildman–Crippen MR) is 70.9 cm³/mol. The molecule has 2 heterocycles. The zero-order valence-corrected chi connectivity index (χ0v) is 10.8. The number of hydrogen-bond acceptors (Lipinski definition) is 3. The van der Waals surface area contributed by atoms with E-state index >= 15 is 0 Å². The van der Waals surface area contributed by atoms with Crippen LogP contribution in [-0.4, -0.2) is 15.8 Å². The molecular weight excluding hydrogens is 248 g/mol. The highest BCUT2D eigenvalue weighted by Gasteiger charge is 2.09. The molecule has 3 nitrogen and oxygen atoms in total. The third kappa shape index (κ3) is 3.14. The lowest BCUT2D eigenvalue weighted by molar-refractivity contribution is 0.0987. The quantitative estimate of drug-likeness (QED) is 0.794. The molecule has 0 aliphatic rings. The average Bonchev–Trinajstić information content (AvgIpc) is 2.40. The molecule has 0 aromatic carbocycles. The zero-order chi connectivity index (χ0) is 13.0. The molecule has 0 saturated carbocycles. The van der Waals surface area contributed by atoms with Crippen molar-refractivity contribution in [3.63, 3.8) is 0 Å². The maximum Gasteiger partial charge on any atom is 0.187 e. The minimum atomic E-state index is -0.0524. The van der Waals surface area contributed by atoms with Gasteiger partial charge in [0, 0.05) is 18.1 Å². The summed E-state index contributed by atoms with van der Waals surface area (Å²) in [4.78, 5) is 20.2. The number of aromatic nitrogens is 2. The van der Waals surface area contributed by atoms with E-state index < -0.39 is 0 Å². The highest BCUT2D eigenvalue weighted by molar-refractivity contribution is 6.30. The molecular formula is C14H13ClN2O. The SMILES string of the molecule is CCc1ccc(CC(=O)c2ccc(Cl)cn2)nc1. The highest BCUT2D eigenvalue weighted by atomic mass is 35.5. The summed E-state index contributed by atoms with van der Waals surface area (Å²) in [6.45, 7) is 2.07. The van der Waals surface area contributed by atoms with Gasteiger partial charge in [0.25, 0.3) is 0 Å². The number of ketones is 1. The number of carbonyl (C=O) groups excluding carboxylic acids is 1. The maximum atomic E-state index is 11.9. The van der Waals surface area contributed by atoms with Crippen LogP contribution in [0.4, 0.5) is 0 Å². The number of carbonyl (C=O) groups is 1. The summed E-state index contributed by atoms with van der Waals surface area (Å²) in [6.07, 6.45) is 4.49. The van der Waals surface area contributed by atoms with Crippen molar-refractivity contribution in [3.05, 3.63) is 58.6 Å². The summed E-state index contributed by atoms with van der Waals surface area (Å²) in [7, 11) is 0. The number of pyridine rings is 2. The lowest BCUT2D eigenvalue weighted by atomic mass is 10.1. The summed E-state index contributed by atoms with van der Waals surface area (Å²) in [6, 6.07) is 7.16. The third-order valence-electron chi connectivity index (χ3n) is 2.65. The first-order valence-corrected chi connectivity index (χ1v) is 6.15. The van der Waals surface area contributed by atoms with Gasteiger partial charge in [-0.05, 0) is 30.2 Å². The van der Waals surface area contributed by atoms with Gasteiger partial charge >= 0.3 is 0 Å². The van der Waals surface area contributed by atoms with E-state index in [4.69, 9.17) is 11.6 Å². The second kappa shape index (κ2) is 5.74. The lowest BCUT2D eigenvalue weighted by Gasteiger charge is -2.01. The number of nitrogens with zero attached hydrogens (tertiary/aromatic N) is 2. The Morgan fingerprint density at radius 1 is 1.17 bits per heavy atom. The molecule has 18 heavy (non-hydrogen) atoms. The van der Waals surface area contributed by atoms with E-state index in [9.17, 15) is 4.79 Å². The second-order valence-corrected chi connectivity index (χ2v) is 4.41. The monoisotopic (exact) mass is 260 g/mol. The molecule has 0 fully saturated rings. The van der Waals surface area contributed by atoms with Gasteiger partial charge in [-0.1, -0.05) is 24.6 Å². The van der Waals surface area contributed by atoms with Crippen molar-refractivity contribution in [1.29, 1.82) is 0 Å². The molecule has 0 atom stereocenters. The fourth-order valence-corrected chi connectivity index (χ4v) is 1.68. The number of aryl methyl sites for hydroxylation is 1. The van der Waals surface area contributed by atoms with Gasteiger partial charge in [0.05, 0.1) is 11.4 Å². The predicted octanol–water partition coefficient (Wildman–Crippen LogP) is 3.12. The van der Waals surface area contributed by atoms with E-state index in [1.165, 1.54) is 6.20 Å². The van der Waals surface area contributed by atoms with Gasteiger partial charge in [0.1, 0.15) is 5.69 Å². The fraction of sp³-hybridized carbons (Fsp3) is 0.214. The Morgan fingerprint density at radius 3 is 2.56 bits per heavy atom. The van der Waals surface area contributed by atoms with Crippen molar-refractivity contribution in [2.75, 3.05) is 0 Å². The summed E-state index contributed by atoms with van der Waals surface area (Å²) >= 11 is 5.72. The molecule has 0 spiro atoms. The van der Waals surface area contributed by atoms with Crippen molar-refractivity contribution >= 4 is 17.4 Å². The molecule has 92 valence electrons. The molecule has 2 aromatic rings. The van der Waals surface area contributed by atoms with Gasteiger partial charge < -0.3 is 0 Å². The first kappa shape index (κ1) is 12.7. The molecule has 0 saturated heterocycles. The smallest absolute Gasteiger partial charge is 0.187 e. The Labute approximate surface area is 111 Å².